The second kappa shape index (κ2) is 12.2. The molecule has 0 atom stereocenters. The van der Waals surface area contributed by atoms with Gasteiger partial charge in [0, 0.05) is 52.3 Å². The number of nitrogens with zero attached hydrogens (tertiary/aromatic N) is 2. The number of fused-ring (bicyclic) bond motifs is 1. The van der Waals surface area contributed by atoms with Gasteiger partial charge in [0.25, 0.3) is 0 Å². The monoisotopic (exact) mass is 532 g/mol. The van der Waals surface area contributed by atoms with Crippen molar-refractivity contribution in [1.29, 1.82) is 5.41 Å². The molecule has 1 aromatic heterocycles. The molecule has 4 aromatic rings. The minimum atomic E-state index is -0.0500. The summed E-state index contributed by atoms with van der Waals surface area (Å²) in [6.45, 7) is 2.27. The van der Waals surface area contributed by atoms with Crippen molar-refractivity contribution in [2.24, 2.45) is 0 Å². The summed E-state index contributed by atoms with van der Waals surface area (Å²) in [5.41, 5.74) is 9.76. The maximum Gasteiger partial charge on any atom is 0.224 e. The largest absolute Gasteiger partial charge is 0.493 e. The number of hydrogen-bond donors (Lipinski definition) is 4. The fourth-order valence-corrected chi connectivity index (χ4v) is 3.96. The van der Waals surface area contributed by atoms with E-state index in [1.54, 1.807) is 25.3 Å². The molecule has 0 radical (unpaired) electrons. The predicted molar refractivity (Wildman–Crippen MR) is 153 cm³/mol. The SMILES string of the molecule is CCCC(=O)Nc1cccc(-c2nc(Nc3ccc(N)c(C=N)c3)c3cc(OCCCl)c(OC)cc3n2)c1. The van der Waals surface area contributed by atoms with Gasteiger partial charge in [0.15, 0.2) is 17.3 Å². The lowest BCUT2D eigenvalue weighted by Gasteiger charge is -2.16. The first-order chi connectivity index (χ1) is 18.4. The maximum atomic E-state index is 12.1. The third-order valence-electron chi connectivity index (χ3n) is 5.70. The van der Waals surface area contributed by atoms with Gasteiger partial charge in [-0.25, -0.2) is 9.97 Å². The number of nitrogens with two attached hydrogens (primary N) is 1. The number of anilines is 4. The van der Waals surface area contributed by atoms with Crippen molar-refractivity contribution in [2.45, 2.75) is 19.8 Å². The second-order valence-electron chi connectivity index (χ2n) is 8.45. The fraction of sp³-hybridized carbons (Fsp3) is 0.214. The highest BCUT2D eigenvalue weighted by Crippen LogP contribution is 2.37. The minimum Gasteiger partial charge on any atom is -0.493 e. The molecule has 4 rings (SSSR count). The van der Waals surface area contributed by atoms with E-state index in [9.17, 15) is 4.79 Å². The number of hydrogen-bond acceptors (Lipinski definition) is 8. The van der Waals surface area contributed by atoms with E-state index in [4.69, 9.17) is 42.2 Å². The third-order valence-corrected chi connectivity index (χ3v) is 5.86. The number of amides is 1. The zero-order valence-electron chi connectivity index (χ0n) is 21.2. The van der Waals surface area contributed by atoms with E-state index in [1.165, 1.54) is 6.21 Å². The molecular weight excluding hydrogens is 504 g/mol. The predicted octanol–water partition coefficient (Wildman–Crippen LogP) is 5.99. The van der Waals surface area contributed by atoms with Crippen LogP contribution in [0, 0.1) is 5.41 Å². The molecule has 10 heteroatoms. The van der Waals surface area contributed by atoms with Crippen LogP contribution in [0.1, 0.15) is 25.3 Å². The van der Waals surface area contributed by atoms with Crippen LogP contribution in [-0.2, 0) is 4.79 Å². The molecule has 0 saturated carbocycles. The van der Waals surface area contributed by atoms with Crippen LogP contribution in [0.4, 0.5) is 22.9 Å². The summed E-state index contributed by atoms with van der Waals surface area (Å²) in [6, 6.07) is 16.3. The van der Waals surface area contributed by atoms with Gasteiger partial charge in [-0.1, -0.05) is 19.1 Å². The third kappa shape index (κ3) is 6.12. The van der Waals surface area contributed by atoms with Gasteiger partial charge in [-0.15, -0.1) is 11.6 Å². The van der Waals surface area contributed by atoms with Crippen LogP contribution < -0.4 is 25.8 Å². The van der Waals surface area contributed by atoms with Crippen molar-refractivity contribution in [3.05, 3.63) is 60.2 Å². The lowest BCUT2D eigenvalue weighted by Crippen LogP contribution is -2.10. The van der Waals surface area contributed by atoms with Crippen molar-refractivity contribution in [3.8, 4) is 22.9 Å². The Balaban J connectivity index is 1.84. The molecule has 1 heterocycles. The molecule has 0 aliphatic carbocycles. The average molecular weight is 533 g/mol. The number of nitrogen functional groups attached to an aromatic ring is 1. The Hall–Kier alpha value is -4.37. The number of ether oxygens (including phenoxy) is 2. The van der Waals surface area contributed by atoms with Crippen LogP contribution in [0.15, 0.2) is 54.6 Å². The van der Waals surface area contributed by atoms with Crippen LogP contribution >= 0.6 is 11.6 Å². The van der Waals surface area contributed by atoms with Crippen molar-refractivity contribution < 1.29 is 14.3 Å². The van der Waals surface area contributed by atoms with Gasteiger partial charge in [0.2, 0.25) is 5.91 Å². The van der Waals surface area contributed by atoms with E-state index in [0.29, 0.717) is 75.6 Å². The first kappa shape index (κ1) is 26.7. The van der Waals surface area contributed by atoms with Gasteiger partial charge in [-0.05, 0) is 42.8 Å². The zero-order valence-corrected chi connectivity index (χ0v) is 21.9. The first-order valence-electron chi connectivity index (χ1n) is 12.1. The molecule has 5 N–H and O–H groups in total. The van der Waals surface area contributed by atoms with E-state index in [2.05, 4.69) is 10.6 Å². The zero-order chi connectivity index (χ0) is 27.1. The van der Waals surface area contributed by atoms with E-state index in [-0.39, 0.29) is 5.91 Å². The van der Waals surface area contributed by atoms with Crippen LogP contribution in [0.2, 0.25) is 0 Å². The van der Waals surface area contributed by atoms with Crippen molar-refractivity contribution >= 4 is 57.5 Å². The van der Waals surface area contributed by atoms with Gasteiger partial charge < -0.3 is 31.3 Å². The fourth-order valence-electron chi connectivity index (χ4n) is 3.88. The molecular formula is C28H29ClN6O3. The number of halogens is 1. The van der Waals surface area contributed by atoms with Crippen LogP contribution in [0.25, 0.3) is 22.3 Å². The Bertz CT molecular complexity index is 1480. The number of nitrogens with one attached hydrogen (secondary N) is 3. The van der Waals surface area contributed by atoms with Crippen LogP contribution in [0.3, 0.4) is 0 Å². The molecule has 0 aliphatic heterocycles. The molecule has 196 valence electrons. The summed E-state index contributed by atoms with van der Waals surface area (Å²) < 4.78 is 11.4. The summed E-state index contributed by atoms with van der Waals surface area (Å²) >= 11 is 5.84. The van der Waals surface area contributed by atoms with Crippen molar-refractivity contribution in [2.75, 3.05) is 36.0 Å². The molecule has 0 spiro atoms. The van der Waals surface area contributed by atoms with Gasteiger partial charge >= 0.3 is 0 Å². The molecule has 0 fully saturated rings. The lowest BCUT2D eigenvalue weighted by molar-refractivity contribution is -0.116. The smallest absolute Gasteiger partial charge is 0.224 e. The van der Waals surface area contributed by atoms with Crippen LogP contribution in [0.5, 0.6) is 11.5 Å². The molecule has 3 aromatic carbocycles. The molecule has 0 aliphatic rings. The minimum absolute atomic E-state index is 0.0500. The molecule has 0 saturated heterocycles. The highest BCUT2D eigenvalue weighted by Gasteiger charge is 2.16. The van der Waals surface area contributed by atoms with E-state index in [0.717, 1.165) is 12.0 Å². The van der Waals surface area contributed by atoms with Gasteiger partial charge in [-0.2, -0.15) is 0 Å². The number of methoxy groups -OCH3 is 1. The molecule has 0 bridgehead atoms. The second-order valence-corrected chi connectivity index (χ2v) is 8.82. The Morgan fingerprint density at radius 3 is 2.68 bits per heavy atom. The molecule has 0 unspecified atom stereocenters. The van der Waals surface area contributed by atoms with Crippen molar-refractivity contribution in [1.82, 2.24) is 9.97 Å². The Labute approximate surface area is 225 Å². The molecule has 38 heavy (non-hydrogen) atoms. The first-order valence-corrected chi connectivity index (χ1v) is 12.6. The highest BCUT2D eigenvalue weighted by molar-refractivity contribution is 6.18. The Kier molecular flexibility index (Phi) is 8.60. The number of carbonyl (C=O) groups is 1. The van der Waals surface area contributed by atoms with Crippen LogP contribution in [-0.4, -0.2) is 41.7 Å². The quantitative estimate of drug-likeness (QED) is 0.106. The van der Waals surface area contributed by atoms with E-state index in [1.807, 2.05) is 43.3 Å². The number of benzene rings is 3. The highest BCUT2D eigenvalue weighted by atomic mass is 35.5. The summed E-state index contributed by atoms with van der Waals surface area (Å²) in [6.07, 6.45) is 2.40. The number of aromatic nitrogens is 2. The van der Waals surface area contributed by atoms with Gasteiger partial charge in [0.05, 0.1) is 18.5 Å². The molecule has 9 nitrogen and oxygen atoms in total. The summed E-state index contributed by atoms with van der Waals surface area (Å²) in [7, 11) is 1.56. The number of carbonyl (C=O) groups excluding carboxylic acids is 1. The van der Waals surface area contributed by atoms with E-state index < -0.39 is 0 Å². The Morgan fingerprint density at radius 2 is 1.95 bits per heavy atom. The topological polar surface area (TPSA) is 135 Å². The standard InChI is InChI=1S/C28H29ClN6O3/c1-3-5-26(36)32-19-7-4-6-17(12-19)27-34-23-15-24(37-2)25(38-11-10-29)14-21(23)28(35-27)33-20-8-9-22(31)18(13-20)16-30/h4,6-9,12-16,30H,3,5,10-11,31H2,1-2H3,(H,32,36)(H,33,34,35). The van der Waals surface area contributed by atoms with Gasteiger partial charge in [0.1, 0.15) is 12.4 Å². The maximum absolute atomic E-state index is 12.1. The Morgan fingerprint density at radius 1 is 1.11 bits per heavy atom. The summed E-state index contributed by atoms with van der Waals surface area (Å²) in [4.78, 5) is 21.8. The molecule has 1 amide bonds. The summed E-state index contributed by atoms with van der Waals surface area (Å²) in [5, 5.41) is 14.6. The van der Waals surface area contributed by atoms with Gasteiger partial charge in [-0.3, -0.25) is 4.79 Å². The average Bonchev–Trinajstić information content (AvgIpc) is 2.92. The number of rotatable bonds is 11. The van der Waals surface area contributed by atoms with Crippen molar-refractivity contribution in [3.63, 3.8) is 0 Å². The number of alkyl halides is 1. The lowest BCUT2D eigenvalue weighted by atomic mass is 10.1. The van der Waals surface area contributed by atoms with E-state index >= 15 is 0 Å². The summed E-state index contributed by atoms with van der Waals surface area (Å²) in [5.74, 6) is 2.27. The normalized spacial score (nSPS) is 10.7.